The van der Waals surface area contributed by atoms with Gasteiger partial charge in [0.2, 0.25) is 0 Å². The number of sulfonamides is 1. The van der Waals surface area contributed by atoms with Gasteiger partial charge in [-0.15, -0.1) is 0 Å². The number of halogens is 1. The Bertz CT molecular complexity index is 1100. The van der Waals surface area contributed by atoms with Crippen LogP contribution in [0.2, 0.25) is 0 Å². The summed E-state index contributed by atoms with van der Waals surface area (Å²) in [6, 6.07) is 13.9. The molecule has 2 N–H and O–H groups in total. The third-order valence-corrected chi connectivity index (χ3v) is 5.05. The molecule has 0 aliphatic carbocycles. The van der Waals surface area contributed by atoms with Crippen molar-refractivity contribution in [3.05, 3.63) is 66.1 Å². The number of hydrogen-bond donors (Lipinski definition) is 2. The van der Waals surface area contributed by atoms with E-state index in [1.165, 1.54) is 31.5 Å². The summed E-state index contributed by atoms with van der Waals surface area (Å²) in [5, 5.41) is 8.75. The Kier molecular flexibility index (Phi) is 4.65. The first kappa shape index (κ1) is 17.5. The van der Waals surface area contributed by atoms with Crippen molar-refractivity contribution in [2.75, 3.05) is 11.8 Å². The van der Waals surface area contributed by atoms with Crippen LogP contribution < -0.4 is 9.46 Å². The number of aromatic nitrogens is 1. The maximum absolute atomic E-state index is 13.9. The second-order valence-corrected chi connectivity index (χ2v) is 7.04. The van der Waals surface area contributed by atoms with Gasteiger partial charge in [0.05, 0.1) is 30.1 Å². The third kappa shape index (κ3) is 3.38. The van der Waals surface area contributed by atoms with Crippen LogP contribution in [0, 0.1) is 17.1 Å². The highest BCUT2D eigenvalue weighted by Gasteiger charge is 2.19. The van der Waals surface area contributed by atoms with Crippen LogP contribution in [0.1, 0.15) is 5.56 Å². The number of ether oxygens (including phenoxy) is 1. The minimum absolute atomic E-state index is 0.0536. The minimum Gasteiger partial charge on any atom is -0.496 e. The second kappa shape index (κ2) is 6.90. The van der Waals surface area contributed by atoms with Crippen LogP contribution in [0.5, 0.6) is 5.75 Å². The zero-order valence-corrected chi connectivity index (χ0v) is 14.5. The van der Waals surface area contributed by atoms with Crippen molar-refractivity contribution in [2.45, 2.75) is 4.90 Å². The average molecular weight is 371 g/mol. The van der Waals surface area contributed by atoms with Crippen molar-refractivity contribution < 1.29 is 17.5 Å². The molecule has 132 valence electrons. The summed E-state index contributed by atoms with van der Waals surface area (Å²) >= 11 is 0. The van der Waals surface area contributed by atoms with Gasteiger partial charge in [-0.3, -0.25) is 4.72 Å². The zero-order valence-electron chi connectivity index (χ0n) is 13.7. The number of methoxy groups -OCH3 is 1. The van der Waals surface area contributed by atoms with E-state index in [0.717, 1.165) is 6.07 Å². The van der Waals surface area contributed by atoms with Gasteiger partial charge in [-0.25, -0.2) is 12.8 Å². The van der Waals surface area contributed by atoms with Crippen molar-refractivity contribution in [1.29, 1.82) is 5.26 Å². The molecule has 1 aromatic heterocycles. The van der Waals surface area contributed by atoms with Gasteiger partial charge >= 0.3 is 0 Å². The highest BCUT2D eigenvalue weighted by Crippen LogP contribution is 2.30. The maximum Gasteiger partial charge on any atom is 0.263 e. The Labute approximate surface area is 149 Å². The van der Waals surface area contributed by atoms with Gasteiger partial charge in [0, 0.05) is 11.8 Å². The molecule has 0 aliphatic heterocycles. The van der Waals surface area contributed by atoms with E-state index >= 15 is 0 Å². The van der Waals surface area contributed by atoms with Crippen molar-refractivity contribution in [3.63, 3.8) is 0 Å². The average Bonchev–Trinajstić information content (AvgIpc) is 3.14. The Morgan fingerprint density at radius 3 is 2.65 bits per heavy atom. The molecule has 0 saturated heterocycles. The van der Waals surface area contributed by atoms with Crippen molar-refractivity contribution in [3.8, 4) is 23.1 Å². The van der Waals surface area contributed by atoms with E-state index in [-0.39, 0.29) is 16.1 Å². The number of hydrogen-bond acceptors (Lipinski definition) is 4. The molecular formula is C18H14FN3O3S. The highest BCUT2D eigenvalue weighted by molar-refractivity contribution is 7.92. The van der Waals surface area contributed by atoms with Gasteiger partial charge < -0.3 is 9.72 Å². The summed E-state index contributed by atoms with van der Waals surface area (Å²) in [7, 11) is -2.48. The van der Waals surface area contributed by atoms with E-state index in [1.807, 2.05) is 0 Å². The fourth-order valence-electron chi connectivity index (χ4n) is 2.42. The van der Waals surface area contributed by atoms with E-state index in [1.54, 1.807) is 30.3 Å². The lowest BCUT2D eigenvalue weighted by molar-refractivity contribution is 0.416. The first-order valence-corrected chi connectivity index (χ1v) is 8.97. The topological polar surface area (TPSA) is 95.0 Å². The molecule has 0 radical (unpaired) electrons. The molecule has 8 heteroatoms. The Morgan fingerprint density at radius 2 is 1.96 bits per heavy atom. The van der Waals surface area contributed by atoms with Gasteiger partial charge in [-0.05, 0) is 36.4 Å². The smallest absolute Gasteiger partial charge is 0.263 e. The van der Waals surface area contributed by atoms with Crippen LogP contribution in [0.25, 0.3) is 11.3 Å². The summed E-state index contributed by atoms with van der Waals surface area (Å²) < 4.78 is 46.4. The van der Waals surface area contributed by atoms with E-state index in [2.05, 4.69) is 9.71 Å². The lowest BCUT2D eigenvalue weighted by Gasteiger charge is -2.08. The van der Waals surface area contributed by atoms with E-state index in [9.17, 15) is 12.8 Å². The normalized spacial score (nSPS) is 11.0. The fraction of sp³-hybridized carbons (Fsp3) is 0.0556. The predicted molar refractivity (Wildman–Crippen MR) is 94.7 cm³/mol. The molecule has 6 nitrogen and oxygen atoms in total. The molecule has 0 saturated carbocycles. The van der Waals surface area contributed by atoms with Crippen LogP contribution >= 0.6 is 0 Å². The van der Waals surface area contributed by atoms with Crippen molar-refractivity contribution in [1.82, 2.24) is 4.98 Å². The van der Waals surface area contributed by atoms with Crippen molar-refractivity contribution in [2.24, 2.45) is 0 Å². The zero-order chi connectivity index (χ0) is 18.7. The van der Waals surface area contributed by atoms with E-state index < -0.39 is 15.8 Å². The predicted octanol–water partition coefficient (Wildman–Crippen LogP) is 3.50. The number of nitrogens with one attached hydrogen (secondary N) is 2. The van der Waals surface area contributed by atoms with Gasteiger partial charge in [-0.2, -0.15) is 5.26 Å². The lowest BCUT2D eigenvalue weighted by atomic mass is 10.1. The number of H-pyrrole nitrogens is 1. The summed E-state index contributed by atoms with van der Waals surface area (Å²) in [5.41, 5.74) is 1.11. The number of nitriles is 1. The number of aromatic amines is 1. The fourth-order valence-corrected chi connectivity index (χ4v) is 3.48. The number of para-hydroxylation sites is 1. The van der Waals surface area contributed by atoms with Crippen molar-refractivity contribution >= 4 is 15.7 Å². The molecule has 0 atom stereocenters. The van der Waals surface area contributed by atoms with Crippen LogP contribution in [-0.4, -0.2) is 20.5 Å². The second-order valence-electron chi connectivity index (χ2n) is 5.36. The molecule has 0 fully saturated rings. The Hall–Kier alpha value is -3.31. The molecule has 0 amide bonds. The van der Waals surface area contributed by atoms with Gasteiger partial charge in [0.15, 0.2) is 0 Å². The van der Waals surface area contributed by atoms with Crippen LogP contribution in [0.3, 0.4) is 0 Å². The van der Waals surface area contributed by atoms with Crippen LogP contribution in [-0.2, 0) is 10.0 Å². The largest absolute Gasteiger partial charge is 0.496 e. The quantitative estimate of drug-likeness (QED) is 0.717. The Balaban J connectivity index is 1.92. The molecular weight excluding hydrogens is 357 g/mol. The molecule has 0 spiro atoms. The summed E-state index contributed by atoms with van der Waals surface area (Å²) in [6.07, 6.45) is 1.31. The summed E-state index contributed by atoms with van der Waals surface area (Å²) in [5.74, 6) is -0.238. The first-order chi connectivity index (χ1) is 12.4. The molecule has 0 aliphatic rings. The first-order valence-electron chi connectivity index (χ1n) is 7.49. The summed E-state index contributed by atoms with van der Waals surface area (Å²) in [4.78, 5) is 2.83. The molecule has 2 aromatic carbocycles. The number of anilines is 1. The molecule has 3 rings (SSSR count). The monoisotopic (exact) mass is 371 g/mol. The van der Waals surface area contributed by atoms with E-state index in [0.29, 0.717) is 17.0 Å². The maximum atomic E-state index is 13.9. The van der Waals surface area contributed by atoms with Gasteiger partial charge in [-0.1, -0.05) is 12.1 Å². The third-order valence-electron chi connectivity index (χ3n) is 3.71. The van der Waals surface area contributed by atoms with Crippen LogP contribution in [0.4, 0.5) is 10.1 Å². The molecule has 0 unspecified atom stereocenters. The standard InChI is InChI=1S/C18H14FN3O3S/c1-25-18-5-3-2-4-14(18)17-9-13(11-21-17)26(23,24)22-16-7-6-12(10-20)8-15(16)19/h2-9,11,21-22H,1H3. The lowest BCUT2D eigenvalue weighted by Crippen LogP contribution is -2.13. The molecule has 1 heterocycles. The number of benzene rings is 2. The number of rotatable bonds is 5. The SMILES string of the molecule is COc1ccccc1-c1cc(S(=O)(=O)Nc2ccc(C#N)cc2F)c[nH]1. The molecule has 0 bridgehead atoms. The van der Waals surface area contributed by atoms with Gasteiger partial charge in [0.25, 0.3) is 10.0 Å². The van der Waals surface area contributed by atoms with E-state index in [4.69, 9.17) is 10.00 Å². The highest BCUT2D eigenvalue weighted by atomic mass is 32.2. The molecule has 3 aromatic rings. The number of nitrogens with zero attached hydrogens (tertiary/aromatic N) is 1. The Morgan fingerprint density at radius 1 is 1.19 bits per heavy atom. The summed E-state index contributed by atoms with van der Waals surface area (Å²) in [6.45, 7) is 0. The minimum atomic E-state index is -4.01. The van der Waals surface area contributed by atoms with Gasteiger partial charge in [0.1, 0.15) is 16.5 Å². The van der Waals surface area contributed by atoms with Crippen LogP contribution in [0.15, 0.2) is 59.6 Å². The molecule has 26 heavy (non-hydrogen) atoms.